The highest BCUT2D eigenvalue weighted by molar-refractivity contribution is 7.99. The van der Waals surface area contributed by atoms with Crippen LogP contribution in [0, 0.1) is 30.6 Å². The molecular weight excluding hydrogens is 763 g/mol. The average Bonchev–Trinajstić information content (AvgIpc) is 3.24. The Morgan fingerprint density at radius 2 is 1.10 bits per heavy atom. The summed E-state index contributed by atoms with van der Waals surface area (Å²) in [6.45, 7) is 18.1. The van der Waals surface area contributed by atoms with Crippen LogP contribution in [0.1, 0.15) is 85.8 Å². The third kappa shape index (κ3) is 15.6. The minimum Gasteiger partial charge on any atom is -0.494 e. The molecule has 5 aromatic carbocycles. The van der Waals surface area contributed by atoms with Gasteiger partial charge in [0.05, 0.1) is 18.9 Å². The summed E-state index contributed by atoms with van der Waals surface area (Å²) in [7, 11) is 0. The summed E-state index contributed by atoms with van der Waals surface area (Å²) < 4.78 is 10.7. The van der Waals surface area contributed by atoms with Crippen molar-refractivity contribution in [1.82, 2.24) is 0 Å². The molecule has 0 bridgehead atoms. The van der Waals surface area contributed by atoms with Gasteiger partial charge in [-0.25, -0.2) is 4.79 Å². The van der Waals surface area contributed by atoms with Gasteiger partial charge >= 0.3 is 5.97 Å². The molecule has 0 unspecified atom stereocenters. The molecule has 0 amide bonds. The van der Waals surface area contributed by atoms with Crippen LogP contribution in [-0.4, -0.2) is 36.9 Å². The second-order valence-corrected chi connectivity index (χ2v) is 16.8. The van der Waals surface area contributed by atoms with Crippen LogP contribution in [0.5, 0.6) is 0 Å². The number of carbonyl (C=O) groups is 1. The van der Waals surface area contributed by atoms with Crippen LogP contribution in [0.3, 0.4) is 0 Å². The maximum Gasteiger partial charge on any atom is 0.333 e. The first-order valence-corrected chi connectivity index (χ1v) is 22.1. The number of esters is 1. The minimum atomic E-state index is -0.310. The molecule has 0 saturated heterocycles. The van der Waals surface area contributed by atoms with Crippen molar-refractivity contribution < 1.29 is 14.3 Å². The smallest absolute Gasteiger partial charge is 0.333 e. The lowest BCUT2D eigenvalue weighted by molar-refractivity contribution is -0.139. The molecule has 0 aliphatic rings. The number of hydrogen-bond donors (Lipinski definition) is 0. The Labute approximate surface area is 360 Å². The van der Waals surface area contributed by atoms with Gasteiger partial charge in [0.25, 0.3) is 0 Å². The van der Waals surface area contributed by atoms with Gasteiger partial charge in [0.2, 0.25) is 0 Å². The average molecular weight is 816 g/mol. The molecule has 0 spiro atoms. The molecule has 0 atom stereocenters. The fourth-order valence-corrected chi connectivity index (χ4v) is 7.58. The second-order valence-electron chi connectivity index (χ2n) is 14.4. The Balaban J connectivity index is 1.05. The van der Waals surface area contributed by atoms with Gasteiger partial charge in [-0.2, -0.15) is 0 Å². The predicted octanol–water partition coefficient (Wildman–Crippen LogP) is 13.4. The summed E-state index contributed by atoms with van der Waals surface area (Å²) in [6, 6.07) is 35.8. The van der Waals surface area contributed by atoms with Crippen LogP contribution < -0.4 is 0 Å². The lowest BCUT2D eigenvalue weighted by atomic mass is 10.0. The zero-order valence-corrected chi connectivity index (χ0v) is 36.2. The van der Waals surface area contributed by atoms with Gasteiger partial charge < -0.3 is 9.47 Å². The van der Waals surface area contributed by atoms with Crippen molar-refractivity contribution >= 4 is 52.2 Å². The van der Waals surface area contributed by atoms with E-state index >= 15 is 0 Å². The van der Waals surface area contributed by atoms with E-state index in [4.69, 9.17) is 14.5 Å². The van der Waals surface area contributed by atoms with Crippen LogP contribution >= 0.6 is 23.5 Å². The van der Waals surface area contributed by atoms with Crippen molar-refractivity contribution in [2.45, 2.75) is 69.1 Å². The van der Waals surface area contributed by atoms with Gasteiger partial charge in [0.15, 0.2) is 0 Å². The summed E-state index contributed by atoms with van der Waals surface area (Å²) in [4.78, 5) is 18.7. The number of aliphatic imine (C=N–C) groups is 1. The number of thioether (sulfide) groups is 2. The monoisotopic (exact) mass is 815 g/mol. The molecule has 59 heavy (non-hydrogen) atoms. The fraction of sp³-hybridized carbons (Fsp3) is 0.245. The van der Waals surface area contributed by atoms with E-state index in [1.165, 1.54) is 9.79 Å². The lowest BCUT2D eigenvalue weighted by Crippen LogP contribution is -2.06. The first-order valence-electron chi connectivity index (χ1n) is 20.1. The van der Waals surface area contributed by atoms with Gasteiger partial charge in [0.1, 0.15) is 5.76 Å². The van der Waals surface area contributed by atoms with Crippen LogP contribution in [-0.2, 0) is 14.3 Å². The van der Waals surface area contributed by atoms with Crippen molar-refractivity contribution in [3.05, 3.63) is 173 Å². The Hall–Kier alpha value is -5.66. The fourth-order valence-electron chi connectivity index (χ4n) is 5.75. The number of aryl methyl sites for hydroxylation is 1. The van der Waals surface area contributed by atoms with E-state index in [0.29, 0.717) is 24.5 Å². The van der Waals surface area contributed by atoms with E-state index in [-0.39, 0.29) is 5.97 Å². The SMILES string of the molecule is C=C(C)C(=C)OCCCCCSc1ccc(C#Cc2ccc3cc(C=Nc4ccc(C#Cc5ccc(SCCCCCOC(=O)C(=C)C)cc5)cc4C)ccc3c2)cc1. The summed E-state index contributed by atoms with van der Waals surface area (Å²) in [5.74, 6) is 15.8. The zero-order chi connectivity index (χ0) is 41.8. The largest absolute Gasteiger partial charge is 0.494 e. The highest BCUT2D eigenvalue weighted by Gasteiger charge is 2.04. The molecule has 6 heteroatoms. The number of nitrogens with zero attached hydrogens (tertiary/aromatic N) is 1. The van der Waals surface area contributed by atoms with Gasteiger partial charge in [-0.1, -0.05) is 61.6 Å². The molecule has 0 aromatic heterocycles. The molecule has 5 aromatic rings. The lowest BCUT2D eigenvalue weighted by Gasteiger charge is -2.08. The van der Waals surface area contributed by atoms with Crippen molar-refractivity contribution in [3.8, 4) is 23.7 Å². The Morgan fingerprint density at radius 1 is 0.593 bits per heavy atom. The third-order valence-electron chi connectivity index (χ3n) is 9.27. The number of carbonyl (C=O) groups excluding carboxylic acids is 1. The Bertz CT molecular complexity index is 2400. The van der Waals surface area contributed by atoms with Gasteiger partial charge in [-0.05, 0) is 183 Å². The predicted molar refractivity (Wildman–Crippen MR) is 252 cm³/mol. The molecular formula is C53H53NO3S2. The summed E-state index contributed by atoms with van der Waals surface area (Å²) >= 11 is 3.71. The second kappa shape index (κ2) is 23.7. The molecule has 0 fully saturated rings. The highest BCUT2D eigenvalue weighted by Crippen LogP contribution is 2.24. The maximum atomic E-state index is 11.4. The minimum absolute atomic E-state index is 0.310. The van der Waals surface area contributed by atoms with Crippen molar-refractivity contribution in [1.29, 1.82) is 0 Å². The number of ether oxygens (including phenoxy) is 2. The summed E-state index contributed by atoms with van der Waals surface area (Å²) in [5, 5.41) is 2.29. The van der Waals surface area contributed by atoms with E-state index in [1.807, 2.05) is 48.8 Å². The van der Waals surface area contributed by atoms with Crippen LogP contribution in [0.15, 0.2) is 155 Å². The summed E-state index contributed by atoms with van der Waals surface area (Å²) in [5.41, 5.74) is 8.31. The van der Waals surface area contributed by atoms with Crippen LogP contribution in [0.4, 0.5) is 5.69 Å². The number of hydrogen-bond acceptors (Lipinski definition) is 6. The van der Waals surface area contributed by atoms with Crippen molar-refractivity contribution in [3.63, 3.8) is 0 Å². The van der Waals surface area contributed by atoms with Gasteiger partial charge in [-0.15, -0.1) is 23.5 Å². The van der Waals surface area contributed by atoms with Crippen molar-refractivity contribution in [2.75, 3.05) is 24.7 Å². The number of fused-ring (bicyclic) bond motifs is 1. The van der Waals surface area contributed by atoms with E-state index in [9.17, 15) is 4.79 Å². The molecule has 0 heterocycles. The van der Waals surface area contributed by atoms with E-state index < -0.39 is 0 Å². The topological polar surface area (TPSA) is 47.9 Å². The first kappa shape index (κ1) is 44.4. The molecule has 5 rings (SSSR count). The normalized spacial score (nSPS) is 10.7. The van der Waals surface area contributed by atoms with Gasteiger partial charge in [-0.3, -0.25) is 4.99 Å². The molecule has 0 radical (unpaired) electrons. The van der Waals surface area contributed by atoms with Gasteiger partial charge in [0, 0.05) is 43.8 Å². The van der Waals surface area contributed by atoms with E-state index in [1.54, 1.807) is 6.92 Å². The van der Waals surface area contributed by atoms with Crippen molar-refractivity contribution in [2.24, 2.45) is 4.99 Å². The quantitative estimate of drug-likeness (QED) is 0.0121. The number of benzene rings is 5. The summed E-state index contributed by atoms with van der Waals surface area (Å²) in [6.07, 6.45) is 8.19. The number of rotatable bonds is 19. The molecule has 0 aliphatic heterocycles. The maximum absolute atomic E-state index is 11.4. The van der Waals surface area contributed by atoms with Crippen LogP contribution in [0.25, 0.3) is 10.8 Å². The zero-order valence-electron chi connectivity index (χ0n) is 34.6. The van der Waals surface area contributed by atoms with E-state index in [2.05, 4.69) is 141 Å². The van der Waals surface area contributed by atoms with Crippen LogP contribution in [0.2, 0.25) is 0 Å². The van der Waals surface area contributed by atoms with E-state index in [0.717, 1.165) is 105 Å². The molecule has 300 valence electrons. The molecule has 4 nitrogen and oxygen atoms in total. The third-order valence-corrected chi connectivity index (χ3v) is 11.5. The Kier molecular flexibility index (Phi) is 17.8. The Morgan fingerprint density at radius 3 is 1.68 bits per heavy atom. The molecule has 0 saturated carbocycles. The standard InChI is InChI=1S/C53H53NO3S2/c1-39(2)42(6)56-31-9-7-11-33-58-51-28-21-44(22-29-51)14-16-46-17-24-49-37-47(18-25-48(49)36-46)38-54-52-30-23-45(35-41(52)5)15-13-43-19-26-50(27-20-43)59-34-12-8-10-32-57-53(55)40(3)4/h17-30,35-38H,1,3,6-12,31-34H2,2,4-5H3. The molecule has 0 N–H and O–H groups in total. The molecule has 0 aliphatic carbocycles. The first-order chi connectivity index (χ1) is 28.6. The highest BCUT2D eigenvalue weighted by atomic mass is 32.2. The number of unbranched alkanes of at least 4 members (excludes halogenated alkanes) is 4. The number of allylic oxidation sites excluding steroid dienone is 1.